The van der Waals surface area contributed by atoms with Gasteiger partial charge in [-0.25, -0.2) is 4.99 Å². The van der Waals surface area contributed by atoms with E-state index >= 15 is 0 Å². The van der Waals surface area contributed by atoms with E-state index in [-0.39, 0.29) is 17.5 Å². The van der Waals surface area contributed by atoms with Crippen LogP contribution in [-0.4, -0.2) is 22.6 Å². The molecule has 0 saturated carbocycles. The van der Waals surface area contributed by atoms with Gasteiger partial charge in [-0.1, -0.05) is 6.07 Å². The Morgan fingerprint density at radius 3 is 2.68 bits per heavy atom. The van der Waals surface area contributed by atoms with Gasteiger partial charge in [-0.05, 0) is 88.3 Å². The van der Waals surface area contributed by atoms with E-state index in [0.29, 0.717) is 30.0 Å². The van der Waals surface area contributed by atoms with E-state index in [9.17, 15) is 9.90 Å². The van der Waals surface area contributed by atoms with E-state index in [0.717, 1.165) is 47.3 Å². The van der Waals surface area contributed by atoms with Crippen LogP contribution in [0.1, 0.15) is 54.9 Å². The summed E-state index contributed by atoms with van der Waals surface area (Å²) in [6, 6.07) is 7.08. The maximum absolute atomic E-state index is 12.4. The van der Waals surface area contributed by atoms with Gasteiger partial charge in [0.05, 0.1) is 5.69 Å². The van der Waals surface area contributed by atoms with Gasteiger partial charge in [-0.15, -0.1) is 0 Å². The number of hydrogen-bond donors (Lipinski definition) is 4. The van der Waals surface area contributed by atoms with Crippen molar-refractivity contribution in [2.45, 2.75) is 65.4 Å². The quantitative estimate of drug-likeness (QED) is 0.410. The number of carbonyl (C=O) groups excluding carboxylic acids is 1. The Morgan fingerprint density at radius 1 is 1.23 bits per heavy atom. The summed E-state index contributed by atoms with van der Waals surface area (Å²) in [6.07, 6.45) is 3.58. The Hall–Kier alpha value is -3.22. The number of benzene rings is 2. The van der Waals surface area contributed by atoms with Crippen molar-refractivity contribution in [2.75, 3.05) is 5.32 Å². The van der Waals surface area contributed by atoms with Crippen LogP contribution < -0.4 is 21.5 Å². The minimum atomic E-state index is -0.332. The van der Waals surface area contributed by atoms with E-state index in [2.05, 4.69) is 17.2 Å². The van der Waals surface area contributed by atoms with Gasteiger partial charge in [-0.3, -0.25) is 4.79 Å². The number of guanidine groups is 1. The van der Waals surface area contributed by atoms with Gasteiger partial charge >= 0.3 is 0 Å². The van der Waals surface area contributed by atoms with Crippen LogP contribution in [0.5, 0.6) is 11.5 Å². The number of fused-ring (bicyclic) bond motifs is 1. The average Bonchev–Trinajstić information content (AvgIpc) is 2.70. The minimum absolute atomic E-state index is 0.0263. The third kappa shape index (κ3) is 5.10. The smallest absolute Gasteiger partial charge is 0.224 e. The number of anilines is 1. The number of hydrogen-bond acceptors (Lipinski definition) is 4. The van der Waals surface area contributed by atoms with Gasteiger partial charge in [0.1, 0.15) is 17.1 Å². The largest absolute Gasteiger partial charge is 0.507 e. The number of nitrogens with zero attached hydrogens (tertiary/aromatic N) is 1. The molecule has 1 heterocycles. The number of ether oxygens (including phenoxy) is 1. The molecule has 1 aliphatic rings. The number of amides is 1. The van der Waals surface area contributed by atoms with Crippen molar-refractivity contribution in [2.24, 2.45) is 16.5 Å². The summed E-state index contributed by atoms with van der Waals surface area (Å²) in [7, 11) is 0. The molecule has 166 valence electrons. The van der Waals surface area contributed by atoms with E-state index in [1.54, 1.807) is 24.3 Å². The van der Waals surface area contributed by atoms with E-state index in [1.807, 2.05) is 20.8 Å². The number of phenolic OH excluding ortho intramolecular Hbond substituents is 1. The molecular formula is C24H32N4O3. The van der Waals surface area contributed by atoms with Crippen LogP contribution >= 0.6 is 0 Å². The first-order valence-corrected chi connectivity index (χ1v) is 10.6. The summed E-state index contributed by atoms with van der Waals surface area (Å²) in [6.45, 7) is 7.95. The van der Waals surface area contributed by atoms with Crippen molar-refractivity contribution in [3.8, 4) is 11.5 Å². The SMILES string of the molecule is Cc1c(C)c2c(c(C)c1O)CCC(C)(CCCC(=O)Nc1cccc(N=C(N)N)c1)O2. The Kier molecular flexibility index (Phi) is 6.43. The Balaban J connectivity index is 1.59. The molecule has 1 unspecified atom stereocenters. The molecule has 0 aliphatic carbocycles. The first-order chi connectivity index (χ1) is 14.6. The van der Waals surface area contributed by atoms with Crippen LogP contribution in [0.4, 0.5) is 11.4 Å². The molecule has 0 aromatic heterocycles. The molecular weight excluding hydrogens is 392 g/mol. The molecule has 1 amide bonds. The molecule has 7 nitrogen and oxygen atoms in total. The molecule has 0 bridgehead atoms. The monoisotopic (exact) mass is 424 g/mol. The molecule has 1 atom stereocenters. The van der Waals surface area contributed by atoms with Gasteiger partial charge in [0.25, 0.3) is 0 Å². The normalized spacial score (nSPS) is 17.4. The predicted octanol–water partition coefficient (Wildman–Crippen LogP) is 4.12. The van der Waals surface area contributed by atoms with Gasteiger partial charge in [0, 0.05) is 17.7 Å². The van der Waals surface area contributed by atoms with Crippen molar-refractivity contribution >= 4 is 23.2 Å². The van der Waals surface area contributed by atoms with Crippen LogP contribution in [0.25, 0.3) is 0 Å². The number of phenols is 1. The number of nitrogens with one attached hydrogen (secondary N) is 1. The lowest BCUT2D eigenvalue weighted by atomic mass is 9.84. The second-order valence-corrected chi connectivity index (χ2v) is 8.57. The second kappa shape index (κ2) is 8.88. The maximum Gasteiger partial charge on any atom is 0.224 e. The van der Waals surface area contributed by atoms with Crippen molar-refractivity contribution in [3.05, 3.63) is 46.5 Å². The highest BCUT2D eigenvalue weighted by Crippen LogP contribution is 2.44. The highest BCUT2D eigenvalue weighted by Gasteiger charge is 2.34. The van der Waals surface area contributed by atoms with Crippen molar-refractivity contribution in [1.29, 1.82) is 0 Å². The first-order valence-electron chi connectivity index (χ1n) is 10.6. The number of rotatable bonds is 6. The molecule has 3 rings (SSSR count). The van der Waals surface area contributed by atoms with Crippen LogP contribution in [0, 0.1) is 20.8 Å². The zero-order valence-electron chi connectivity index (χ0n) is 18.7. The summed E-state index contributed by atoms with van der Waals surface area (Å²) >= 11 is 0. The molecule has 1 aliphatic heterocycles. The number of aromatic hydroxyl groups is 1. The summed E-state index contributed by atoms with van der Waals surface area (Å²) in [5, 5.41) is 13.2. The number of nitrogens with two attached hydrogens (primary N) is 2. The zero-order chi connectivity index (χ0) is 22.8. The fourth-order valence-electron chi connectivity index (χ4n) is 4.12. The van der Waals surface area contributed by atoms with Gasteiger partial charge in [-0.2, -0.15) is 0 Å². The third-order valence-electron chi connectivity index (χ3n) is 6.09. The van der Waals surface area contributed by atoms with E-state index in [4.69, 9.17) is 16.2 Å². The highest BCUT2D eigenvalue weighted by atomic mass is 16.5. The summed E-state index contributed by atoms with van der Waals surface area (Å²) in [5.74, 6) is 1.17. The van der Waals surface area contributed by atoms with Crippen molar-refractivity contribution in [1.82, 2.24) is 0 Å². The fraction of sp³-hybridized carbons (Fsp3) is 0.417. The summed E-state index contributed by atoms with van der Waals surface area (Å²) in [4.78, 5) is 16.4. The molecule has 0 saturated heterocycles. The molecule has 31 heavy (non-hydrogen) atoms. The molecule has 2 aromatic rings. The van der Waals surface area contributed by atoms with Crippen molar-refractivity contribution < 1.29 is 14.6 Å². The lowest BCUT2D eigenvalue weighted by molar-refractivity contribution is -0.116. The zero-order valence-corrected chi connectivity index (χ0v) is 18.7. The topological polar surface area (TPSA) is 123 Å². The molecule has 0 fully saturated rings. The predicted molar refractivity (Wildman–Crippen MR) is 124 cm³/mol. The molecule has 0 spiro atoms. The molecule has 7 heteroatoms. The van der Waals surface area contributed by atoms with Crippen LogP contribution in [0.3, 0.4) is 0 Å². The highest BCUT2D eigenvalue weighted by molar-refractivity contribution is 5.91. The Labute approximate surface area is 183 Å². The van der Waals surface area contributed by atoms with Crippen LogP contribution in [-0.2, 0) is 11.2 Å². The standard InChI is InChI=1S/C24H32N4O3/c1-14-15(2)22-19(16(3)21(14)30)10-12-24(4,31-22)11-6-9-20(29)27-17-7-5-8-18(13-17)28-23(25)26/h5,7-8,13,30H,6,9-12H2,1-4H3,(H,27,29)(H4,25,26,28). The van der Waals surface area contributed by atoms with Gasteiger partial charge in [0.2, 0.25) is 5.91 Å². The molecule has 2 aromatic carbocycles. The number of aliphatic imine (C=N–C) groups is 1. The van der Waals surface area contributed by atoms with Gasteiger partial charge < -0.3 is 26.6 Å². The first kappa shape index (κ1) is 22.5. The van der Waals surface area contributed by atoms with Gasteiger partial charge in [0.15, 0.2) is 5.96 Å². The fourth-order valence-corrected chi connectivity index (χ4v) is 4.12. The van der Waals surface area contributed by atoms with Crippen LogP contribution in [0.2, 0.25) is 0 Å². The van der Waals surface area contributed by atoms with Crippen LogP contribution in [0.15, 0.2) is 29.3 Å². The minimum Gasteiger partial charge on any atom is -0.507 e. The van der Waals surface area contributed by atoms with Crippen molar-refractivity contribution in [3.63, 3.8) is 0 Å². The van der Waals surface area contributed by atoms with E-state index in [1.165, 1.54) is 0 Å². The lowest BCUT2D eigenvalue weighted by Gasteiger charge is -2.38. The lowest BCUT2D eigenvalue weighted by Crippen LogP contribution is -2.37. The molecule has 0 radical (unpaired) electrons. The third-order valence-corrected chi connectivity index (χ3v) is 6.09. The summed E-state index contributed by atoms with van der Waals surface area (Å²) < 4.78 is 6.44. The Morgan fingerprint density at radius 2 is 1.97 bits per heavy atom. The summed E-state index contributed by atoms with van der Waals surface area (Å²) in [5.41, 5.74) is 15.6. The second-order valence-electron chi connectivity index (χ2n) is 8.57. The Bertz CT molecular complexity index is 1030. The maximum atomic E-state index is 12.4. The number of carbonyl (C=O) groups is 1. The molecule has 6 N–H and O–H groups in total. The average molecular weight is 425 g/mol. The van der Waals surface area contributed by atoms with E-state index < -0.39 is 0 Å².